The minimum Gasteiger partial charge on any atom is -0.367 e. The van der Waals surface area contributed by atoms with Crippen molar-refractivity contribution in [3.8, 4) is 0 Å². The molecule has 1 aromatic heterocycles. The van der Waals surface area contributed by atoms with E-state index in [-0.39, 0.29) is 5.54 Å². The number of fused-ring (bicyclic) bond motifs is 1. The highest BCUT2D eigenvalue weighted by atomic mass is 15.3. The lowest BCUT2D eigenvalue weighted by Crippen LogP contribution is -2.69. The third-order valence-electron chi connectivity index (χ3n) is 4.52. The van der Waals surface area contributed by atoms with E-state index < -0.39 is 0 Å². The molecule has 3 heteroatoms. The zero-order chi connectivity index (χ0) is 13.0. The average Bonchev–Trinajstić information content (AvgIpc) is 3.18. The predicted octanol–water partition coefficient (Wildman–Crippen LogP) is 2.47. The van der Waals surface area contributed by atoms with E-state index in [1.807, 2.05) is 6.07 Å². The summed E-state index contributed by atoms with van der Waals surface area (Å²) in [5, 5.41) is 1.24. The highest BCUT2D eigenvalue weighted by molar-refractivity contribution is 5.92. The molecule has 2 aromatic rings. The van der Waals surface area contributed by atoms with Crippen LogP contribution in [0.25, 0.3) is 10.9 Å². The summed E-state index contributed by atoms with van der Waals surface area (Å²) >= 11 is 0. The first-order valence-electron chi connectivity index (χ1n) is 7.06. The second-order valence-corrected chi connectivity index (χ2v) is 6.16. The van der Waals surface area contributed by atoms with Gasteiger partial charge in [-0.1, -0.05) is 18.2 Å². The zero-order valence-corrected chi connectivity index (χ0v) is 11.3. The second-order valence-electron chi connectivity index (χ2n) is 6.16. The molecule has 4 rings (SSSR count). The number of para-hydroxylation sites is 1. The molecule has 98 valence electrons. The number of hydrogen-bond acceptors (Lipinski definition) is 3. The molecule has 0 radical (unpaired) electrons. The van der Waals surface area contributed by atoms with Crippen LogP contribution in [0.3, 0.4) is 0 Å². The van der Waals surface area contributed by atoms with Crippen molar-refractivity contribution >= 4 is 16.6 Å². The maximum Gasteiger partial charge on any atom is 0.0726 e. The summed E-state index contributed by atoms with van der Waals surface area (Å²) in [5.74, 6) is 0.762. The fourth-order valence-corrected chi connectivity index (χ4v) is 3.30. The predicted molar refractivity (Wildman–Crippen MR) is 78.3 cm³/mol. The summed E-state index contributed by atoms with van der Waals surface area (Å²) in [5.41, 5.74) is 9.98. The summed E-state index contributed by atoms with van der Waals surface area (Å²) in [6, 6.07) is 10.6. The maximum absolute atomic E-state index is 6.46. The molecule has 2 N–H and O–H groups in total. The van der Waals surface area contributed by atoms with Crippen LogP contribution in [0.2, 0.25) is 0 Å². The Morgan fingerprint density at radius 2 is 2.00 bits per heavy atom. The number of aryl methyl sites for hydroxylation is 1. The topological polar surface area (TPSA) is 42.1 Å². The smallest absolute Gasteiger partial charge is 0.0726 e. The molecule has 2 heterocycles. The van der Waals surface area contributed by atoms with Crippen LogP contribution in [-0.4, -0.2) is 23.6 Å². The van der Waals surface area contributed by atoms with E-state index >= 15 is 0 Å². The molecule has 1 aliphatic heterocycles. The molecule has 19 heavy (non-hydrogen) atoms. The van der Waals surface area contributed by atoms with Crippen molar-refractivity contribution in [1.82, 2.24) is 4.98 Å². The Kier molecular flexibility index (Phi) is 2.19. The molecule has 2 aliphatic rings. The fraction of sp³-hybridized carbons (Fsp3) is 0.438. The van der Waals surface area contributed by atoms with E-state index in [0.29, 0.717) is 0 Å². The molecule has 0 unspecified atom stereocenters. The molecule has 1 aromatic carbocycles. The second kappa shape index (κ2) is 3.70. The summed E-state index contributed by atoms with van der Waals surface area (Å²) in [6.07, 6.45) is 2.64. The molecular formula is C16H19N3. The van der Waals surface area contributed by atoms with Crippen LogP contribution < -0.4 is 10.6 Å². The minimum atomic E-state index is 0.0677. The minimum absolute atomic E-state index is 0.0677. The van der Waals surface area contributed by atoms with Gasteiger partial charge < -0.3 is 10.6 Å². The lowest BCUT2D eigenvalue weighted by molar-refractivity contribution is 0.291. The van der Waals surface area contributed by atoms with Crippen LogP contribution >= 0.6 is 0 Å². The Balaban J connectivity index is 1.72. The van der Waals surface area contributed by atoms with Crippen LogP contribution in [0.4, 0.5) is 5.69 Å². The first-order chi connectivity index (χ1) is 9.16. The van der Waals surface area contributed by atoms with Gasteiger partial charge in [0.05, 0.1) is 11.1 Å². The molecule has 0 bridgehead atoms. The fourth-order valence-electron chi connectivity index (χ4n) is 3.30. The Morgan fingerprint density at radius 3 is 2.74 bits per heavy atom. The normalized spacial score (nSPS) is 21.5. The van der Waals surface area contributed by atoms with Crippen molar-refractivity contribution in [3.63, 3.8) is 0 Å². The number of nitrogens with zero attached hydrogens (tertiary/aromatic N) is 2. The van der Waals surface area contributed by atoms with Gasteiger partial charge in [-0.25, -0.2) is 0 Å². The maximum atomic E-state index is 6.46. The van der Waals surface area contributed by atoms with Crippen molar-refractivity contribution in [2.45, 2.75) is 25.3 Å². The van der Waals surface area contributed by atoms with E-state index in [1.54, 1.807) is 0 Å². The Bertz CT molecular complexity index is 639. The van der Waals surface area contributed by atoms with E-state index in [9.17, 15) is 0 Å². The van der Waals surface area contributed by atoms with E-state index in [4.69, 9.17) is 5.73 Å². The molecule has 3 nitrogen and oxygen atoms in total. The first kappa shape index (κ1) is 11.2. The van der Waals surface area contributed by atoms with Crippen LogP contribution in [0.15, 0.2) is 30.3 Å². The SMILES string of the molecule is Cc1cc(N2CC(N)(C3CC3)C2)c2ccccc2n1. The third-order valence-corrected chi connectivity index (χ3v) is 4.52. The number of hydrogen-bond donors (Lipinski definition) is 1. The standard InChI is InChI=1S/C16H19N3/c1-11-8-15(13-4-2-3-5-14(13)18-11)19-9-16(17,10-19)12-6-7-12/h2-5,8,12H,6-7,9-10,17H2,1H3. The molecule has 0 amide bonds. The Labute approximate surface area is 113 Å². The average molecular weight is 253 g/mol. The van der Waals surface area contributed by atoms with Crippen molar-refractivity contribution < 1.29 is 0 Å². The molecule has 2 fully saturated rings. The molecule has 1 saturated heterocycles. The van der Waals surface area contributed by atoms with Gasteiger partial charge in [-0.15, -0.1) is 0 Å². The molecule has 0 atom stereocenters. The zero-order valence-electron chi connectivity index (χ0n) is 11.3. The van der Waals surface area contributed by atoms with Crippen LogP contribution in [0.5, 0.6) is 0 Å². The lowest BCUT2D eigenvalue weighted by atomic mass is 9.85. The quantitative estimate of drug-likeness (QED) is 0.894. The Morgan fingerprint density at radius 1 is 1.26 bits per heavy atom. The summed E-state index contributed by atoms with van der Waals surface area (Å²) < 4.78 is 0. The van der Waals surface area contributed by atoms with Gasteiger partial charge in [-0.2, -0.15) is 0 Å². The van der Waals surface area contributed by atoms with Gasteiger partial charge in [0.1, 0.15) is 0 Å². The summed E-state index contributed by atoms with van der Waals surface area (Å²) in [4.78, 5) is 7.02. The number of rotatable bonds is 2. The van der Waals surface area contributed by atoms with Gasteiger partial charge in [-0.3, -0.25) is 4.98 Å². The van der Waals surface area contributed by atoms with E-state index in [0.717, 1.165) is 30.2 Å². The van der Waals surface area contributed by atoms with Gasteiger partial charge in [0.2, 0.25) is 0 Å². The van der Waals surface area contributed by atoms with Gasteiger partial charge in [0.15, 0.2) is 0 Å². The van der Waals surface area contributed by atoms with Crippen LogP contribution in [0, 0.1) is 12.8 Å². The van der Waals surface area contributed by atoms with Gasteiger partial charge in [-0.05, 0) is 37.8 Å². The van der Waals surface area contributed by atoms with Crippen LogP contribution in [-0.2, 0) is 0 Å². The summed E-state index contributed by atoms with van der Waals surface area (Å²) in [7, 11) is 0. The first-order valence-corrected chi connectivity index (χ1v) is 7.06. The highest BCUT2D eigenvalue weighted by Gasteiger charge is 2.50. The van der Waals surface area contributed by atoms with Gasteiger partial charge >= 0.3 is 0 Å². The number of benzene rings is 1. The largest absolute Gasteiger partial charge is 0.367 e. The Hall–Kier alpha value is -1.61. The van der Waals surface area contributed by atoms with E-state index in [2.05, 4.69) is 41.1 Å². The van der Waals surface area contributed by atoms with Crippen LogP contribution in [0.1, 0.15) is 18.5 Å². The molecule has 1 aliphatic carbocycles. The molecular weight excluding hydrogens is 234 g/mol. The van der Waals surface area contributed by atoms with Crippen molar-refractivity contribution in [3.05, 3.63) is 36.0 Å². The lowest BCUT2D eigenvalue weighted by Gasteiger charge is -2.50. The number of nitrogens with two attached hydrogens (primary N) is 1. The highest BCUT2D eigenvalue weighted by Crippen LogP contribution is 2.45. The monoisotopic (exact) mass is 253 g/mol. The molecule has 0 spiro atoms. The van der Waals surface area contributed by atoms with Crippen molar-refractivity contribution in [2.24, 2.45) is 11.7 Å². The van der Waals surface area contributed by atoms with Gasteiger partial charge in [0.25, 0.3) is 0 Å². The van der Waals surface area contributed by atoms with E-state index in [1.165, 1.54) is 23.9 Å². The number of pyridine rings is 1. The van der Waals surface area contributed by atoms with Crippen molar-refractivity contribution in [1.29, 1.82) is 0 Å². The number of anilines is 1. The summed E-state index contributed by atoms with van der Waals surface area (Å²) in [6.45, 7) is 4.04. The molecule has 1 saturated carbocycles. The van der Waals surface area contributed by atoms with Gasteiger partial charge in [0, 0.05) is 29.9 Å². The van der Waals surface area contributed by atoms with Crippen molar-refractivity contribution in [2.75, 3.05) is 18.0 Å². The number of aromatic nitrogens is 1. The third kappa shape index (κ3) is 1.72.